The molecule has 2 N–H and O–H groups in total. The van der Waals surface area contributed by atoms with Crippen LogP contribution in [0.25, 0.3) is 22.2 Å². The maximum atomic E-state index is 15.5. The van der Waals surface area contributed by atoms with Gasteiger partial charge in [0.1, 0.15) is 28.4 Å². The molecule has 1 atom stereocenters. The van der Waals surface area contributed by atoms with Gasteiger partial charge in [-0.2, -0.15) is 0 Å². The number of piperazine rings is 1. The van der Waals surface area contributed by atoms with Crippen molar-refractivity contribution in [3.63, 3.8) is 0 Å². The number of benzene rings is 1. The Morgan fingerprint density at radius 2 is 1.76 bits per heavy atom. The fourth-order valence-electron chi connectivity index (χ4n) is 5.43. The Labute approximate surface area is 284 Å². The summed E-state index contributed by atoms with van der Waals surface area (Å²) in [6.07, 6.45) is 3.61. The molecule has 0 bridgehead atoms. The van der Waals surface area contributed by atoms with Crippen LogP contribution in [0.3, 0.4) is 0 Å². The number of aromatic nitrogens is 4. The summed E-state index contributed by atoms with van der Waals surface area (Å²) in [7, 11) is 0. The second-order valence-electron chi connectivity index (χ2n) is 12.9. The maximum absolute atomic E-state index is 15.5. The van der Waals surface area contributed by atoms with Crippen molar-refractivity contribution in [3.8, 4) is 11.3 Å². The third kappa shape index (κ3) is 8.86. The summed E-state index contributed by atoms with van der Waals surface area (Å²) in [6.45, 7) is 13.6. The van der Waals surface area contributed by atoms with Gasteiger partial charge in [0.2, 0.25) is 5.95 Å². The average molecular weight is 677 g/mol. The van der Waals surface area contributed by atoms with E-state index < -0.39 is 29.4 Å². The molecule has 1 aliphatic heterocycles. The smallest absolute Gasteiger partial charge is 0.409 e. The van der Waals surface area contributed by atoms with E-state index in [0.29, 0.717) is 55.2 Å². The van der Waals surface area contributed by atoms with Crippen molar-refractivity contribution < 1.29 is 27.8 Å². The predicted octanol–water partition coefficient (Wildman–Crippen LogP) is 7.06. The van der Waals surface area contributed by atoms with Gasteiger partial charge in [-0.3, -0.25) is 4.98 Å². The number of fused-ring (bicyclic) bond motifs is 1. The normalized spacial score (nSPS) is 14.0. The van der Waals surface area contributed by atoms with E-state index in [1.807, 2.05) is 13.0 Å². The lowest BCUT2D eigenvalue weighted by Crippen LogP contribution is -2.49. The predicted molar refractivity (Wildman–Crippen MR) is 183 cm³/mol. The van der Waals surface area contributed by atoms with Gasteiger partial charge in [-0.05, 0) is 76.9 Å². The molecule has 0 aliphatic carbocycles. The Balaban J connectivity index is 1.32. The third-order valence-corrected chi connectivity index (χ3v) is 7.86. The van der Waals surface area contributed by atoms with Gasteiger partial charge in [0.25, 0.3) is 0 Å². The highest BCUT2D eigenvalue weighted by Crippen LogP contribution is 2.32. The van der Waals surface area contributed by atoms with Crippen molar-refractivity contribution in [3.05, 3.63) is 65.6 Å². The van der Waals surface area contributed by atoms with Gasteiger partial charge in [0.05, 0.1) is 30.7 Å². The van der Waals surface area contributed by atoms with E-state index in [1.165, 1.54) is 6.07 Å². The molecule has 14 heteroatoms. The standard InChI is InChI=1S/C35H42F2N8O4/c1-7-8-15-48-34(47)45-13-11-44(12-14-45)24-9-10-29(38-19-24)42-32-39-20-28(37)30(43-32)23-17-26-25(16-21(2)40-31(26)27(36)18-23)22(3)41-33(46)49-35(4,5)6/h9-10,16-20,22H,7-8,11-15H2,1-6H3,(H,41,46)(H,38,39,42,43). The van der Waals surface area contributed by atoms with Crippen molar-refractivity contribution in [1.29, 1.82) is 0 Å². The molecule has 3 aromatic heterocycles. The van der Waals surface area contributed by atoms with Crippen LogP contribution in [-0.4, -0.2) is 75.4 Å². The quantitative estimate of drug-likeness (QED) is 0.177. The molecule has 4 aromatic rings. The molecule has 1 unspecified atom stereocenters. The maximum Gasteiger partial charge on any atom is 0.409 e. The molecule has 1 aromatic carbocycles. The van der Waals surface area contributed by atoms with Crippen LogP contribution in [0.1, 0.15) is 64.8 Å². The van der Waals surface area contributed by atoms with Crippen LogP contribution >= 0.6 is 0 Å². The zero-order valence-electron chi connectivity index (χ0n) is 28.6. The number of unbranched alkanes of at least 4 members (excludes halogenated alkanes) is 1. The minimum Gasteiger partial charge on any atom is -0.449 e. The number of ether oxygens (including phenoxy) is 2. The first-order valence-corrected chi connectivity index (χ1v) is 16.3. The number of carbonyl (C=O) groups is 2. The van der Waals surface area contributed by atoms with E-state index in [-0.39, 0.29) is 28.8 Å². The summed E-state index contributed by atoms with van der Waals surface area (Å²) >= 11 is 0. The Morgan fingerprint density at radius 1 is 1.00 bits per heavy atom. The summed E-state index contributed by atoms with van der Waals surface area (Å²) in [5.74, 6) is -0.925. The van der Waals surface area contributed by atoms with E-state index in [2.05, 4.69) is 35.5 Å². The fraction of sp³-hybridized carbons (Fsp3) is 0.429. The number of aryl methyl sites for hydroxylation is 1. The number of carbonyl (C=O) groups excluding carboxylic acids is 2. The number of pyridine rings is 2. The number of nitrogens with one attached hydrogen (secondary N) is 2. The zero-order valence-corrected chi connectivity index (χ0v) is 28.6. The topological polar surface area (TPSA) is 135 Å². The molecule has 1 fully saturated rings. The van der Waals surface area contributed by atoms with Crippen LogP contribution in [0.15, 0.2) is 42.7 Å². The van der Waals surface area contributed by atoms with Gasteiger partial charge in [-0.1, -0.05) is 13.3 Å². The summed E-state index contributed by atoms with van der Waals surface area (Å²) in [6, 6.07) is 7.58. The number of hydrogen-bond acceptors (Lipinski definition) is 10. The van der Waals surface area contributed by atoms with E-state index in [9.17, 15) is 9.59 Å². The van der Waals surface area contributed by atoms with Gasteiger partial charge < -0.3 is 29.9 Å². The first kappa shape index (κ1) is 35.2. The number of rotatable bonds is 9. The van der Waals surface area contributed by atoms with Crippen molar-refractivity contribution in [2.75, 3.05) is 43.0 Å². The van der Waals surface area contributed by atoms with Gasteiger partial charge >= 0.3 is 12.2 Å². The number of amides is 2. The van der Waals surface area contributed by atoms with E-state index in [4.69, 9.17) is 9.47 Å². The van der Waals surface area contributed by atoms with Gasteiger partial charge in [0, 0.05) is 42.8 Å². The summed E-state index contributed by atoms with van der Waals surface area (Å²) in [5, 5.41) is 6.17. The highest BCUT2D eigenvalue weighted by atomic mass is 19.1. The van der Waals surface area contributed by atoms with Crippen LogP contribution in [0, 0.1) is 18.6 Å². The summed E-state index contributed by atoms with van der Waals surface area (Å²) in [4.78, 5) is 45.9. The molecule has 260 valence electrons. The first-order valence-electron chi connectivity index (χ1n) is 16.3. The highest BCUT2D eigenvalue weighted by Gasteiger charge is 2.24. The molecule has 5 rings (SSSR count). The summed E-state index contributed by atoms with van der Waals surface area (Å²) < 4.78 is 41.4. The summed E-state index contributed by atoms with van der Waals surface area (Å²) in [5.41, 5.74) is 1.44. The molecular weight excluding hydrogens is 634 g/mol. The monoisotopic (exact) mass is 676 g/mol. The molecule has 4 heterocycles. The van der Waals surface area contributed by atoms with Crippen LogP contribution in [0.4, 0.5) is 35.8 Å². The van der Waals surface area contributed by atoms with E-state index in [0.717, 1.165) is 24.7 Å². The largest absolute Gasteiger partial charge is 0.449 e. The Morgan fingerprint density at radius 3 is 2.43 bits per heavy atom. The van der Waals surface area contributed by atoms with Crippen molar-refractivity contribution in [2.24, 2.45) is 0 Å². The van der Waals surface area contributed by atoms with Crippen molar-refractivity contribution in [2.45, 2.75) is 66.0 Å². The van der Waals surface area contributed by atoms with Crippen LogP contribution in [0.5, 0.6) is 0 Å². The molecule has 0 saturated carbocycles. The van der Waals surface area contributed by atoms with Crippen molar-refractivity contribution >= 4 is 40.5 Å². The Bertz CT molecular complexity index is 1810. The zero-order chi connectivity index (χ0) is 35.3. The molecule has 49 heavy (non-hydrogen) atoms. The van der Waals surface area contributed by atoms with E-state index >= 15 is 8.78 Å². The number of alkyl carbamates (subject to hydrolysis) is 1. The number of hydrogen-bond donors (Lipinski definition) is 2. The number of halogens is 2. The lowest BCUT2D eigenvalue weighted by molar-refractivity contribution is 0.0508. The number of anilines is 3. The SMILES string of the molecule is CCCCOC(=O)N1CCN(c2ccc(Nc3ncc(F)c(-c4cc(F)c5nc(C)cc(C(C)NC(=O)OC(C)(C)C)c5c4)n3)nc2)CC1. The minimum absolute atomic E-state index is 0.0644. The highest BCUT2D eigenvalue weighted by molar-refractivity contribution is 5.88. The minimum atomic E-state index is -0.748. The first-order chi connectivity index (χ1) is 23.3. The second kappa shape index (κ2) is 15.0. The molecule has 0 spiro atoms. The molecule has 1 saturated heterocycles. The van der Waals surface area contributed by atoms with Gasteiger partial charge in [0.15, 0.2) is 5.82 Å². The molecule has 12 nitrogen and oxygen atoms in total. The molecule has 2 amide bonds. The average Bonchev–Trinajstić information content (AvgIpc) is 3.05. The molecule has 1 aliphatic rings. The fourth-order valence-corrected chi connectivity index (χ4v) is 5.43. The Kier molecular flexibility index (Phi) is 10.7. The second-order valence-corrected chi connectivity index (χ2v) is 12.9. The Hall–Kier alpha value is -5.14. The van der Waals surface area contributed by atoms with Gasteiger partial charge in [-0.15, -0.1) is 0 Å². The lowest BCUT2D eigenvalue weighted by Gasteiger charge is -2.35. The lowest BCUT2D eigenvalue weighted by atomic mass is 9.98. The van der Waals surface area contributed by atoms with Gasteiger partial charge in [-0.25, -0.2) is 33.3 Å². The van der Waals surface area contributed by atoms with Crippen LogP contribution < -0.4 is 15.5 Å². The van der Waals surface area contributed by atoms with Crippen molar-refractivity contribution in [1.82, 2.24) is 30.2 Å². The third-order valence-electron chi connectivity index (χ3n) is 7.86. The van der Waals surface area contributed by atoms with E-state index in [1.54, 1.807) is 63.9 Å². The number of nitrogens with zero attached hydrogens (tertiary/aromatic N) is 6. The van der Waals surface area contributed by atoms with Crippen LogP contribution in [-0.2, 0) is 9.47 Å². The van der Waals surface area contributed by atoms with Crippen LogP contribution in [0.2, 0.25) is 0 Å². The molecular formula is C35H42F2N8O4. The molecule has 0 radical (unpaired) electrons.